The van der Waals surface area contributed by atoms with Crippen LogP contribution in [0, 0.1) is 11.8 Å². The molecule has 48 valence electrons. The number of rotatable bonds is 0. The lowest BCUT2D eigenvalue weighted by atomic mass is 9.99. The van der Waals surface area contributed by atoms with Crippen molar-refractivity contribution < 1.29 is 4.79 Å². The Morgan fingerprint density at radius 1 is 1.44 bits per heavy atom. The standard InChI is InChI=1S/C8H10O/c9-8-5-4-6-2-1-3-7(6)8/h4-7H,1-3H2/t6-,7-/m1/s1. The van der Waals surface area contributed by atoms with Crippen molar-refractivity contribution in [3.8, 4) is 0 Å². The lowest BCUT2D eigenvalue weighted by Crippen LogP contribution is -2.07. The van der Waals surface area contributed by atoms with Gasteiger partial charge in [0.2, 0.25) is 0 Å². The molecule has 2 rings (SSSR count). The Morgan fingerprint density at radius 3 is 3.11 bits per heavy atom. The largest absolute Gasteiger partial charge is 0.295 e. The van der Waals surface area contributed by atoms with Gasteiger partial charge in [-0.25, -0.2) is 0 Å². The second kappa shape index (κ2) is 1.69. The van der Waals surface area contributed by atoms with Crippen LogP contribution in [0.15, 0.2) is 12.2 Å². The van der Waals surface area contributed by atoms with Gasteiger partial charge < -0.3 is 0 Å². The SMILES string of the molecule is O=C1C=C[C@H]2CCC[C@@H]12. The highest BCUT2D eigenvalue weighted by Gasteiger charge is 2.33. The molecule has 0 aromatic rings. The molecule has 1 saturated carbocycles. The molecule has 1 nitrogen and oxygen atoms in total. The van der Waals surface area contributed by atoms with Gasteiger partial charge in [-0.15, -0.1) is 0 Å². The number of hydrogen-bond donors (Lipinski definition) is 0. The Kier molecular flexibility index (Phi) is 0.981. The fourth-order valence-corrected chi connectivity index (χ4v) is 1.91. The molecule has 1 heteroatoms. The van der Waals surface area contributed by atoms with Crippen LogP contribution in [0.4, 0.5) is 0 Å². The first-order valence-corrected chi connectivity index (χ1v) is 3.60. The Bertz CT molecular complexity index is 169. The van der Waals surface area contributed by atoms with E-state index in [1.54, 1.807) is 6.08 Å². The molecule has 0 aromatic heterocycles. The highest BCUT2D eigenvalue weighted by atomic mass is 16.1. The Labute approximate surface area is 54.8 Å². The van der Waals surface area contributed by atoms with Crippen LogP contribution in [0.2, 0.25) is 0 Å². The normalized spacial score (nSPS) is 39.8. The molecule has 0 bridgehead atoms. The van der Waals surface area contributed by atoms with Gasteiger partial charge in [-0.05, 0) is 24.8 Å². The Hall–Kier alpha value is -0.590. The molecule has 0 unspecified atom stereocenters. The first-order valence-electron chi connectivity index (χ1n) is 3.60. The van der Waals surface area contributed by atoms with Gasteiger partial charge in [-0.3, -0.25) is 4.79 Å². The summed E-state index contributed by atoms with van der Waals surface area (Å²) >= 11 is 0. The topological polar surface area (TPSA) is 17.1 Å². The minimum Gasteiger partial charge on any atom is -0.295 e. The van der Waals surface area contributed by atoms with Crippen molar-refractivity contribution in [2.75, 3.05) is 0 Å². The molecule has 0 aliphatic heterocycles. The van der Waals surface area contributed by atoms with Crippen LogP contribution in [0.3, 0.4) is 0 Å². The minimum absolute atomic E-state index is 0.373. The van der Waals surface area contributed by atoms with Crippen LogP contribution < -0.4 is 0 Å². The van der Waals surface area contributed by atoms with Crippen LogP contribution in [0.25, 0.3) is 0 Å². The van der Waals surface area contributed by atoms with E-state index in [2.05, 4.69) is 6.08 Å². The zero-order valence-electron chi connectivity index (χ0n) is 5.34. The smallest absolute Gasteiger partial charge is 0.159 e. The van der Waals surface area contributed by atoms with Crippen LogP contribution in [-0.4, -0.2) is 5.78 Å². The van der Waals surface area contributed by atoms with Crippen LogP contribution in [-0.2, 0) is 4.79 Å². The summed E-state index contributed by atoms with van der Waals surface area (Å²) < 4.78 is 0. The monoisotopic (exact) mass is 122 g/mol. The average molecular weight is 122 g/mol. The molecule has 0 heterocycles. The summed E-state index contributed by atoms with van der Waals surface area (Å²) in [5, 5.41) is 0. The first kappa shape index (κ1) is 5.21. The van der Waals surface area contributed by atoms with E-state index in [1.165, 1.54) is 12.8 Å². The van der Waals surface area contributed by atoms with Crippen LogP contribution >= 0.6 is 0 Å². The number of hydrogen-bond acceptors (Lipinski definition) is 1. The molecule has 0 radical (unpaired) electrons. The zero-order valence-corrected chi connectivity index (χ0v) is 5.34. The maximum absolute atomic E-state index is 11.0. The molecule has 2 aliphatic rings. The maximum atomic E-state index is 11.0. The second-order valence-electron chi connectivity index (χ2n) is 2.96. The van der Waals surface area contributed by atoms with Crippen molar-refractivity contribution in [2.24, 2.45) is 11.8 Å². The van der Waals surface area contributed by atoms with E-state index in [1.807, 2.05) is 0 Å². The summed E-state index contributed by atoms with van der Waals surface area (Å²) in [4.78, 5) is 11.0. The predicted octanol–water partition coefficient (Wildman–Crippen LogP) is 1.54. The van der Waals surface area contributed by atoms with E-state index < -0.39 is 0 Å². The molecular formula is C8H10O. The third-order valence-corrected chi connectivity index (χ3v) is 2.44. The summed E-state index contributed by atoms with van der Waals surface area (Å²) in [7, 11) is 0. The number of fused-ring (bicyclic) bond motifs is 1. The van der Waals surface area contributed by atoms with Gasteiger partial charge in [-0.2, -0.15) is 0 Å². The summed E-state index contributed by atoms with van der Waals surface area (Å²) in [5.41, 5.74) is 0. The lowest BCUT2D eigenvalue weighted by Gasteiger charge is -2.03. The van der Waals surface area contributed by atoms with Crippen molar-refractivity contribution in [1.82, 2.24) is 0 Å². The zero-order chi connectivity index (χ0) is 6.27. The predicted molar refractivity (Wildman–Crippen MR) is 35.0 cm³/mol. The van der Waals surface area contributed by atoms with E-state index in [-0.39, 0.29) is 0 Å². The van der Waals surface area contributed by atoms with E-state index in [9.17, 15) is 4.79 Å². The van der Waals surface area contributed by atoms with Gasteiger partial charge in [0.05, 0.1) is 0 Å². The summed E-state index contributed by atoms with van der Waals surface area (Å²) in [6.07, 6.45) is 7.48. The maximum Gasteiger partial charge on any atom is 0.159 e. The molecule has 9 heavy (non-hydrogen) atoms. The second-order valence-corrected chi connectivity index (χ2v) is 2.96. The van der Waals surface area contributed by atoms with E-state index in [0.29, 0.717) is 17.6 Å². The number of ketones is 1. The molecule has 0 saturated heterocycles. The van der Waals surface area contributed by atoms with Crippen molar-refractivity contribution in [3.05, 3.63) is 12.2 Å². The molecule has 0 amide bonds. The van der Waals surface area contributed by atoms with E-state index in [4.69, 9.17) is 0 Å². The van der Waals surface area contributed by atoms with Gasteiger partial charge in [0.15, 0.2) is 5.78 Å². The number of carbonyl (C=O) groups excluding carboxylic acids is 1. The molecule has 2 aliphatic carbocycles. The fourth-order valence-electron chi connectivity index (χ4n) is 1.91. The number of allylic oxidation sites excluding steroid dienone is 2. The molecule has 0 spiro atoms. The molecule has 1 fully saturated rings. The molecule has 0 N–H and O–H groups in total. The van der Waals surface area contributed by atoms with Crippen molar-refractivity contribution in [2.45, 2.75) is 19.3 Å². The average Bonchev–Trinajstić information content (AvgIpc) is 2.35. The Balaban J connectivity index is 2.24. The van der Waals surface area contributed by atoms with Crippen molar-refractivity contribution in [3.63, 3.8) is 0 Å². The van der Waals surface area contributed by atoms with Gasteiger partial charge in [-0.1, -0.05) is 12.5 Å². The molecular weight excluding hydrogens is 112 g/mol. The van der Waals surface area contributed by atoms with Gasteiger partial charge in [0.25, 0.3) is 0 Å². The van der Waals surface area contributed by atoms with Gasteiger partial charge >= 0.3 is 0 Å². The summed E-state index contributed by atoms with van der Waals surface area (Å²) in [5.74, 6) is 1.39. The quantitative estimate of drug-likeness (QED) is 0.476. The Morgan fingerprint density at radius 2 is 2.33 bits per heavy atom. The lowest BCUT2D eigenvalue weighted by molar-refractivity contribution is -0.117. The minimum atomic E-state index is 0.373. The van der Waals surface area contributed by atoms with Crippen molar-refractivity contribution >= 4 is 5.78 Å². The fraction of sp³-hybridized carbons (Fsp3) is 0.625. The van der Waals surface area contributed by atoms with Crippen LogP contribution in [0.5, 0.6) is 0 Å². The summed E-state index contributed by atoms with van der Waals surface area (Å²) in [6.45, 7) is 0. The third kappa shape index (κ3) is 0.640. The number of carbonyl (C=O) groups is 1. The highest BCUT2D eigenvalue weighted by molar-refractivity contribution is 5.94. The van der Waals surface area contributed by atoms with Crippen molar-refractivity contribution in [1.29, 1.82) is 0 Å². The first-order chi connectivity index (χ1) is 4.38. The summed E-state index contributed by atoms with van der Waals surface area (Å²) in [6, 6.07) is 0. The van der Waals surface area contributed by atoms with Gasteiger partial charge in [0.1, 0.15) is 0 Å². The van der Waals surface area contributed by atoms with E-state index in [0.717, 1.165) is 6.42 Å². The van der Waals surface area contributed by atoms with E-state index >= 15 is 0 Å². The van der Waals surface area contributed by atoms with Crippen LogP contribution in [0.1, 0.15) is 19.3 Å². The third-order valence-electron chi connectivity index (χ3n) is 2.44. The highest BCUT2D eigenvalue weighted by Crippen LogP contribution is 2.37. The molecule has 2 atom stereocenters. The molecule has 0 aromatic carbocycles. The van der Waals surface area contributed by atoms with Gasteiger partial charge in [0, 0.05) is 5.92 Å².